The Morgan fingerprint density at radius 1 is 0.939 bits per heavy atom. The molecule has 1 fully saturated rings. The number of fused-ring (bicyclic) bond motifs is 2. The van der Waals surface area contributed by atoms with Crippen molar-refractivity contribution in [3.8, 4) is 22.5 Å². The van der Waals surface area contributed by atoms with E-state index in [1.54, 1.807) is 6.07 Å². The van der Waals surface area contributed by atoms with Crippen molar-refractivity contribution >= 4 is 46.3 Å². The van der Waals surface area contributed by atoms with Crippen molar-refractivity contribution in [2.24, 2.45) is 5.92 Å². The molecule has 12 heteroatoms. The zero-order chi connectivity index (χ0) is 35.0. The molecular formula is C37H36N4O8. The maximum absolute atomic E-state index is 13.1. The largest absolute Gasteiger partial charge is 0.545 e. The highest BCUT2D eigenvalue weighted by Gasteiger charge is 2.36. The molecule has 12 nitrogen and oxygen atoms in total. The maximum Gasteiger partial charge on any atom is 0.310 e. The number of anilines is 1. The van der Waals surface area contributed by atoms with E-state index in [0.29, 0.717) is 59.1 Å². The van der Waals surface area contributed by atoms with Gasteiger partial charge in [-0.1, -0.05) is 6.07 Å². The van der Waals surface area contributed by atoms with E-state index in [-0.39, 0.29) is 29.0 Å². The summed E-state index contributed by atoms with van der Waals surface area (Å²) in [6.07, 6.45) is 4.34. The van der Waals surface area contributed by atoms with E-state index >= 15 is 0 Å². The summed E-state index contributed by atoms with van der Waals surface area (Å²) >= 11 is 0. The lowest BCUT2D eigenvalue weighted by Gasteiger charge is -2.32. The van der Waals surface area contributed by atoms with Gasteiger partial charge in [-0.15, -0.1) is 0 Å². The lowest BCUT2D eigenvalue weighted by molar-refractivity contribution is -0.255. The monoisotopic (exact) mass is 664 g/mol. The first-order valence-electron chi connectivity index (χ1n) is 16.0. The SMILES string of the molecule is CN(C)c1ccc2c(-c3ccc(C(=O)NCOC(=O)C4CCC(N5C(=O)C=CC5=O)CC4)cc3C(=O)[O-])c3ccc(=[N+](C)C)cc-3oc2c1. The van der Waals surface area contributed by atoms with Crippen molar-refractivity contribution in [3.05, 3.63) is 83.2 Å². The van der Waals surface area contributed by atoms with Crippen LogP contribution in [0.3, 0.4) is 0 Å². The van der Waals surface area contributed by atoms with E-state index in [0.717, 1.165) is 11.0 Å². The fourth-order valence-corrected chi connectivity index (χ4v) is 6.52. The van der Waals surface area contributed by atoms with Gasteiger partial charge in [0.25, 0.3) is 17.7 Å². The average molecular weight is 665 g/mol. The Kier molecular flexibility index (Phi) is 9.05. The first kappa shape index (κ1) is 33.1. The van der Waals surface area contributed by atoms with Gasteiger partial charge in [-0.2, -0.15) is 0 Å². The van der Waals surface area contributed by atoms with Gasteiger partial charge in [0, 0.05) is 77.7 Å². The number of carboxylic acid groups (broad SMARTS) is 1. The topological polar surface area (TPSA) is 152 Å². The summed E-state index contributed by atoms with van der Waals surface area (Å²) in [6.45, 7) is -0.412. The molecule has 2 aliphatic carbocycles. The smallest absolute Gasteiger partial charge is 0.310 e. The third-order valence-corrected chi connectivity index (χ3v) is 9.18. The first-order chi connectivity index (χ1) is 23.4. The van der Waals surface area contributed by atoms with Crippen molar-refractivity contribution in [1.82, 2.24) is 14.8 Å². The number of carbonyl (C=O) groups excluding carboxylic acids is 5. The molecule has 2 aliphatic heterocycles. The van der Waals surface area contributed by atoms with Crippen molar-refractivity contribution in [2.75, 3.05) is 39.8 Å². The van der Waals surface area contributed by atoms with Crippen LogP contribution in [0.25, 0.3) is 33.4 Å². The zero-order valence-corrected chi connectivity index (χ0v) is 27.6. The second-order valence-electron chi connectivity index (χ2n) is 12.7. The normalized spacial score (nSPS) is 17.4. The van der Waals surface area contributed by atoms with E-state index in [9.17, 15) is 29.1 Å². The quantitative estimate of drug-likeness (QED) is 0.0984. The highest BCUT2D eigenvalue weighted by Crippen LogP contribution is 2.42. The van der Waals surface area contributed by atoms with Crippen LogP contribution in [-0.4, -0.2) is 75.5 Å². The van der Waals surface area contributed by atoms with Crippen molar-refractivity contribution in [1.29, 1.82) is 0 Å². The van der Waals surface area contributed by atoms with E-state index in [1.165, 1.54) is 29.2 Å². The van der Waals surface area contributed by atoms with Crippen LogP contribution in [0.4, 0.5) is 5.69 Å². The molecule has 2 heterocycles. The van der Waals surface area contributed by atoms with Crippen LogP contribution in [-0.2, 0) is 19.1 Å². The number of hydrogen-bond acceptors (Lipinski definition) is 9. The fraction of sp³-hybridized carbons (Fsp3) is 0.297. The summed E-state index contributed by atoms with van der Waals surface area (Å²) in [7, 11) is 7.66. The highest BCUT2D eigenvalue weighted by molar-refractivity contribution is 6.13. The molecule has 0 bridgehead atoms. The van der Waals surface area contributed by atoms with Gasteiger partial charge < -0.3 is 29.3 Å². The number of esters is 1. The standard InChI is InChI=1S/C37H36N4O8/c1-39(2)24-10-13-27-30(18-24)49-31-19-25(40(3)4)11-14-28(31)34(27)26-12-7-22(17-29(26)36(45)46)35(44)38-20-48-37(47)21-5-8-23(9-6-21)41-32(42)15-16-33(41)43/h7,10-19,21,23H,5-6,8-9,20H2,1-4H3,(H-,38,44,45,46). The summed E-state index contributed by atoms with van der Waals surface area (Å²) in [5.41, 5.74) is 2.98. The number of carboxylic acids is 1. The van der Waals surface area contributed by atoms with Gasteiger partial charge >= 0.3 is 5.97 Å². The lowest BCUT2D eigenvalue weighted by atomic mass is 9.85. The van der Waals surface area contributed by atoms with Crippen LogP contribution in [0, 0.1) is 5.92 Å². The molecule has 4 aliphatic rings. The zero-order valence-electron chi connectivity index (χ0n) is 27.6. The number of hydrogen-bond donors (Lipinski definition) is 1. The maximum atomic E-state index is 13.1. The van der Waals surface area contributed by atoms with Crippen molar-refractivity contribution in [2.45, 2.75) is 31.7 Å². The Bertz CT molecular complexity index is 2070. The van der Waals surface area contributed by atoms with Crippen LogP contribution in [0.2, 0.25) is 0 Å². The first-order valence-corrected chi connectivity index (χ1v) is 16.0. The molecule has 1 N–H and O–H groups in total. The molecule has 252 valence electrons. The molecule has 0 aromatic heterocycles. The molecule has 1 saturated carbocycles. The van der Waals surface area contributed by atoms with Crippen LogP contribution in [0.1, 0.15) is 46.4 Å². The third-order valence-electron chi connectivity index (χ3n) is 9.18. The third kappa shape index (κ3) is 6.54. The number of aromatic carboxylic acids is 1. The van der Waals surface area contributed by atoms with Crippen molar-refractivity contribution < 1.29 is 38.2 Å². The number of ether oxygens (including phenoxy) is 1. The summed E-state index contributed by atoms with van der Waals surface area (Å²) in [5.74, 6) is -3.14. The summed E-state index contributed by atoms with van der Waals surface area (Å²) in [6, 6.07) is 15.5. The predicted molar refractivity (Wildman–Crippen MR) is 179 cm³/mol. The Balaban J connectivity index is 1.21. The molecule has 2 aromatic carbocycles. The molecule has 6 rings (SSSR count). The molecule has 0 saturated heterocycles. The van der Waals surface area contributed by atoms with Gasteiger partial charge in [-0.05, 0) is 61.6 Å². The number of amides is 3. The number of rotatable bonds is 8. The Morgan fingerprint density at radius 2 is 1.63 bits per heavy atom. The summed E-state index contributed by atoms with van der Waals surface area (Å²) in [4.78, 5) is 65.5. The van der Waals surface area contributed by atoms with Crippen LogP contribution >= 0.6 is 0 Å². The Hall–Kier alpha value is -5.78. The van der Waals surface area contributed by atoms with Gasteiger partial charge in [-0.3, -0.25) is 24.1 Å². The second kappa shape index (κ2) is 13.4. The fourth-order valence-electron chi connectivity index (χ4n) is 6.52. The number of nitrogens with zero attached hydrogens (tertiary/aromatic N) is 3. The number of nitrogens with one attached hydrogen (secondary N) is 1. The Morgan fingerprint density at radius 3 is 2.29 bits per heavy atom. The number of imide groups is 1. The summed E-state index contributed by atoms with van der Waals surface area (Å²) in [5, 5.41) is 16.7. The second-order valence-corrected chi connectivity index (χ2v) is 12.7. The van der Waals surface area contributed by atoms with E-state index in [1.807, 2.05) is 74.1 Å². The van der Waals surface area contributed by atoms with Crippen LogP contribution in [0.15, 0.2) is 71.2 Å². The van der Waals surface area contributed by atoms with Gasteiger partial charge in [0.15, 0.2) is 6.73 Å². The molecule has 0 radical (unpaired) electrons. The van der Waals surface area contributed by atoms with E-state index in [2.05, 4.69) is 5.32 Å². The number of benzene rings is 3. The van der Waals surface area contributed by atoms with E-state index in [4.69, 9.17) is 9.15 Å². The van der Waals surface area contributed by atoms with Gasteiger partial charge in [0.2, 0.25) is 5.36 Å². The van der Waals surface area contributed by atoms with Gasteiger partial charge in [0.1, 0.15) is 25.4 Å². The van der Waals surface area contributed by atoms with Crippen molar-refractivity contribution in [3.63, 3.8) is 0 Å². The van der Waals surface area contributed by atoms with Gasteiger partial charge in [0.05, 0.1) is 18.0 Å². The van der Waals surface area contributed by atoms with Crippen LogP contribution in [0.5, 0.6) is 0 Å². The highest BCUT2D eigenvalue weighted by atomic mass is 16.5. The molecule has 49 heavy (non-hydrogen) atoms. The Labute approximate surface area is 282 Å². The lowest BCUT2D eigenvalue weighted by Crippen LogP contribution is -2.43. The minimum absolute atomic E-state index is 0.0482. The summed E-state index contributed by atoms with van der Waals surface area (Å²) < 4.78 is 13.6. The number of carbonyl (C=O) groups is 5. The molecule has 0 unspecified atom stereocenters. The molecular weight excluding hydrogens is 628 g/mol. The van der Waals surface area contributed by atoms with Gasteiger partial charge in [-0.25, -0.2) is 4.58 Å². The predicted octanol–water partition coefficient (Wildman–Crippen LogP) is 2.38. The average Bonchev–Trinajstić information content (AvgIpc) is 3.43. The molecule has 3 amide bonds. The molecule has 0 atom stereocenters. The van der Waals surface area contributed by atoms with Crippen LogP contribution < -0.4 is 25.3 Å². The minimum Gasteiger partial charge on any atom is -0.545 e. The molecule has 0 spiro atoms. The molecule has 2 aromatic rings. The minimum atomic E-state index is -1.46. The van der Waals surface area contributed by atoms with E-state index < -0.39 is 30.5 Å².